The number of hydrogen-bond acceptors (Lipinski definition) is 6. The van der Waals surface area contributed by atoms with E-state index in [2.05, 4.69) is 4.98 Å². The number of hydrogen-bond donors (Lipinski definition) is 1. The molecule has 1 aliphatic rings. The molecule has 0 aromatic carbocycles. The first-order chi connectivity index (χ1) is 9.28. The maximum Gasteiger partial charge on any atom is 0.287 e. The third-order valence-corrected chi connectivity index (χ3v) is 5.13. The summed E-state index contributed by atoms with van der Waals surface area (Å²) >= 11 is 0. The Hall–Kier alpha value is -1.74. The predicted octanol–water partition coefficient (Wildman–Crippen LogP) is 0.224. The van der Waals surface area contributed by atoms with E-state index in [0.717, 1.165) is 6.20 Å². The lowest BCUT2D eigenvalue weighted by Crippen LogP contribution is -2.48. The van der Waals surface area contributed by atoms with Crippen LogP contribution in [0.1, 0.15) is 17.4 Å². The van der Waals surface area contributed by atoms with E-state index >= 15 is 0 Å². The summed E-state index contributed by atoms with van der Waals surface area (Å²) in [6.07, 6.45) is 1.16. The lowest BCUT2D eigenvalue weighted by Gasteiger charge is -2.32. The molecule has 1 saturated heterocycles. The van der Waals surface area contributed by atoms with Gasteiger partial charge >= 0.3 is 0 Å². The molecule has 1 unspecified atom stereocenters. The van der Waals surface area contributed by atoms with E-state index in [9.17, 15) is 23.3 Å². The van der Waals surface area contributed by atoms with Gasteiger partial charge in [0.2, 0.25) is 0 Å². The van der Waals surface area contributed by atoms with Gasteiger partial charge in [0, 0.05) is 18.7 Å². The second-order valence-electron chi connectivity index (χ2n) is 4.89. The summed E-state index contributed by atoms with van der Waals surface area (Å²) in [5.74, 6) is -0.218. The third-order valence-electron chi connectivity index (χ3n) is 3.33. The minimum atomic E-state index is -3.02. The molecule has 0 saturated carbocycles. The fraction of sp³-hybridized carbons (Fsp3) is 0.545. The van der Waals surface area contributed by atoms with Crippen molar-refractivity contribution in [3.63, 3.8) is 0 Å². The van der Waals surface area contributed by atoms with Gasteiger partial charge in [0.05, 0.1) is 34.9 Å². The van der Waals surface area contributed by atoms with Gasteiger partial charge in [-0.15, -0.1) is 0 Å². The molecule has 20 heavy (non-hydrogen) atoms. The number of sulfone groups is 1. The quantitative estimate of drug-likeness (QED) is 0.483. The highest BCUT2D eigenvalue weighted by Gasteiger charge is 2.29. The normalized spacial score (nSPS) is 22.6. The Bertz CT molecular complexity index is 636. The van der Waals surface area contributed by atoms with Crippen molar-refractivity contribution in [2.45, 2.75) is 13.0 Å². The average molecular weight is 301 g/mol. The number of nitrogens with zero attached hydrogens (tertiary/aromatic N) is 2. The first-order valence-corrected chi connectivity index (χ1v) is 7.91. The molecule has 1 N–H and O–H groups in total. The number of rotatable bonds is 4. The smallest absolute Gasteiger partial charge is 0.287 e. The molecule has 8 nitrogen and oxygen atoms in total. The largest absolute Gasteiger partial charge is 0.353 e. The second-order valence-corrected chi connectivity index (χ2v) is 7.11. The minimum absolute atomic E-state index is 0.0329. The molecule has 1 aromatic heterocycles. The molecule has 110 valence electrons. The van der Waals surface area contributed by atoms with Gasteiger partial charge in [0.15, 0.2) is 15.6 Å². The Kier molecular flexibility index (Phi) is 3.91. The topological polar surface area (TPSA) is 113 Å². The van der Waals surface area contributed by atoms with E-state index < -0.39 is 14.8 Å². The van der Waals surface area contributed by atoms with Crippen LogP contribution in [-0.2, 0) is 9.84 Å². The minimum Gasteiger partial charge on any atom is -0.353 e. The van der Waals surface area contributed by atoms with Crippen LogP contribution in [0.15, 0.2) is 12.3 Å². The summed E-state index contributed by atoms with van der Waals surface area (Å²) in [5.41, 5.74) is -0.0000454. The highest BCUT2D eigenvalue weighted by atomic mass is 32.2. The molecular formula is C11H15N3O5S. The van der Waals surface area contributed by atoms with Gasteiger partial charge in [-0.05, 0) is 6.92 Å². The summed E-state index contributed by atoms with van der Waals surface area (Å²) < 4.78 is 22.9. The molecule has 1 aromatic rings. The lowest BCUT2D eigenvalue weighted by atomic mass is 10.2. The van der Waals surface area contributed by atoms with Crippen molar-refractivity contribution in [2.24, 2.45) is 0 Å². The monoisotopic (exact) mass is 301 g/mol. The molecule has 9 heteroatoms. The first-order valence-electron chi connectivity index (χ1n) is 6.09. The second kappa shape index (κ2) is 5.33. The zero-order valence-corrected chi connectivity index (χ0v) is 11.7. The fourth-order valence-corrected chi connectivity index (χ4v) is 3.81. The molecular weight excluding hydrogens is 286 g/mol. The zero-order chi connectivity index (χ0) is 14.9. The highest BCUT2D eigenvalue weighted by Crippen LogP contribution is 2.15. The number of aromatic amines is 1. The van der Waals surface area contributed by atoms with Gasteiger partial charge in [-0.25, -0.2) is 8.42 Å². The van der Waals surface area contributed by atoms with Crippen molar-refractivity contribution < 1.29 is 18.1 Å². The maximum absolute atomic E-state index is 12.0. The summed E-state index contributed by atoms with van der Waals surface area (Å²) in [7, 11) is -3.02. The van der Waals surface area contributed by atoms with Gasteiger partial charge < -0.3 is 4.98 Å². The first kappa shape index (κ1) is 14.7. The van der Waals surface area contributed by atoms with Crippen LogP contribution in [0.3, 0.4) is 0 Å². The SMILES string of the molecule is CC1CS(=O)(=O)CCN1CC(=O)c1cc([N+](=O)[O-])c[nH]1. The molecule has 1 aliphatic heterocycles. The van der Waals surface area contributed by atoms with Gasteiger partial charge in [-0.2, -0.15) is 0 Å². The van der Waals surface area contributed by atoms with Crippen molar-refractivity contribution in [2.75, 3.05) is 24.6 Å². The Balaban J connectivity index is 2.02. The van der Waals surface area contributed by atoms with Crippen LogP contribution in [0.5, 0.6) is 0 Å². The lowest BCUT2D eigenvalue weighted by molar-refractivity contribution is -0.384. The summed E-state index contributed by atoms with van der Waals surface area (Å²) in [6.45, 7) is 2.10. The Morgan fingerprint density at radius 3 is 2.85 bits per heavy atom. The highest BCUT2D eigenvalue weighted by molar-refractivity contribution is 7.91. The standard InChI is InChI=1S/C11H15N3O5S/c1-8-7-20(18,19)3-2-13(8)6-11(15)10-4-9(5-12-10)14(16)17/h4-5,8,12H,2-3,6-7H2,1H3. The molecule has 0 bridgehead atoms. The van der Waals surface area contributed by atoms with Crippen LogP contribution < -0.4 is 0 Å². The van der Waals surface area contributed by atoms with Crippen molar-refractivity contribution in [1.29, 1.82) is 0 Å². The molecule has 2 rings (SSSR count). The number of carbonyl (C=O) groups is 1. The van der Waals surface area contributed by atoms with E-state index in [0.29, 0.717) is 6.54 Å². The van der Waals surface area contributed by atoms with Crippen molar-refractivity contribution in [1.82, 2.24) is 9.88 Å². The van der Waals surface area contributed by atoms with Gasteiger partial charge in [0.25, 0.3) is 5.69 Å². The number of ketones is 1. The van der Waals surface area contributed by atoms with E-state index in [1.165, 1.54) is 6.07 Å². The number of H-pyrrole nitrogens is 1. The summed E-state index contributed by atoms with van der Waals surface area (Å²) in [5, 5.41) is 10.5. The van der Waals surface area contributed by atoms with E-state index in [1.807, 2.05) is 0 Å². The number of aromatic nitrogens is 1. The third kappa shape index (κ3) is 3.23. The molecule has 0 aliphatic carbocycles. The molecule has 0 amide bonds. The zero-order valence-electron chi connectivity index (χ0n) is 10.9. The summed E-state index contributed by atoms with van der Waals surface area (Å²) in [4.78, 5) is 26.3. The fourth-order valence-electron chi connectivity index (χ4n) is 2.19. The van der Waals surface area contributed by atoms with Crippen molar-refractivity contribution in [3.05, 3.63) is 28.1 Å². The van der Waals surface area contributed by atoms with Gasteiger partial charge in [0.1, 0.15) is 0 Å². The van der Waals surface area contributed by atoms with Crippen LogP contribution in [0.2, 0.25) is 0 Å². The number of carbonyl (C=O) groups excluding carboxylic acids is 1. The van der Waals surface area contributed by atoms with Crippen molar-refractivity contribution in [3.8, 4) is 0 Å². The summed E-state index contributed by atoms with van der Waals surface area (Å²) in [6, 6.07) is 0.955. The van der Waals surface area contributed by atoms with Crippen LogP contribution in [0.25, 0.3) is 0 Å². The molecule has 1 atom stereocenters. The maximum atomic E-state index is 12.0. The van der Waals surface area contributed by atoms with Crippen LogP contribution >= 0.6 is 0 Å². The molecule has 0 spiro atoms. The average Bonchev–Trinajstić information content (AvgIpc) is 2.81. The van der Waals surface area contributed by atoms with Gasteiger partial charge in [-0.1, -0.05) is 0 Å². The van der Waals surface area contributed by atoms with E-state index in [1.54, 1.807) is 11.8 Å². The predicted molar refractivity (Wildman–Crippen MR) is 71.5 cm³/mol. The molecule has 2 heterocycles. The van der Waals surface area contributed by atoms with Crippen LogP contribution in [-0.4, -0.2) is 59.6 Å². The number of Topliss-reactive ketones (excluding diaryl/α,β-unsaturated/α-hetero) is 1. The van der Waals surface area contributed by atoms with Gasteiger partial charge in [-0.3, -0.25) is 19.8 Å². The Labute approximate surface area is 115 Å². The van der Waals surface area contributed by atoms with Crippen LogP contribution in [0.4, 0.5) is 5.69 Å². The Morgan fingerprint density at radius 2 is 2.30 bits per heavy atom. The Morgan fingerprint density at radius 1 is 1.60 bits per heavy atom. The van der Waals surface area contributed by atoms with E-state index in [-0.39, 0.29) is 41.3 Å². The van der Waals surface area contributed by atoms with E-state index in [4.69, 9.17) is 0 Å². The number of nitro groups is 1. The van der Waals surface area contributed by atoms with Crippen LogP contribution in [0, 0.1) is 10.1 Å². The number of nitrogens with one attached hydrogen (secondary N) is 1. The van der Waals surface area contributed by atoms with Crippen molar-refractivity contribution >= 4 is 21.3 Å². The molecule has 1 fully saturated rings. The molecule has 0 radical (unpaired) electrons.